The molecule has 182 valence electrons. The van der Waals surface area contributed by atoms with Gasteiger partial charge in [0.15, 0.2) is 0 Å². The first-order valence-electron chi connectivity index (χ1n) is 12.2. The number of hydrogen-bond acceptors (Lipinski definition) is 4. The summed E-state index contributed by atoms with van der Waals surface area (Å²) in [5.41, 5.74) is 5.49. The van der Waals surface area contributed by atoms with Crippen LogP contribution in [0.5, 0.6) is 11.5 Å². The van der Waals surface area contributed by atoms with Crippen molar-refractivity contribution in [3.8, 4) is 11.5 Å². The topological polar surface area (TPSA) is 58.6 Å². The second-order valence-electron chi connectivity index (χ2n) is 11.5. The van der Waals surface area contributed by atoms with Crippen molar-refractivity contribution in [3.05, 3.63) is 57.6 Å². The fraction of sp³-hybridized carbons (Fsp3) is 0.571. The molecule has 0 saturated carbocycles. The zero-order valence-electron chi connectivity index (χ0n) is 22.8. The van der Waals surface area contributed by atoms with Crippen molar-refractivity contribution in [3.63, 3.8) is 0 Å². The van der Waals surface area contributed by atoms with Gasteiger partial charge in [0.25, 0.3) is 0 Å². The Morgan fingerprint density at radius 2 is 1.15 bits per heavy atom. The van der Waals surface area contributed by atoms with Crippen LogP contribution in [0.25, 0.3) is 0 Å². The minimum atomic E-state index is -4.65. The maximum absolute atomic E-state index is 13.2. The smallest absolute Gasteiger partial charge is 0.736 e. The zero-order valence-corrected chi connectivity index (χ0v) is 23.7. The van der Waals surface area contributed by atoms with E-state index in [0.29, 0.717) is 11.5 Å². The Kier molecular flexibility index (Phi) is 8.92. The summed E-state index contributed by atoms with van der Waals surface area (Å²) in [7, 11) is -4.65. The average molecular weight is 479 g/mol. The average Bonchev–Trinajstić information content (AvgIpc) is 2.66. The molecule has 0 bridgehead atoms. The molecule has 0 atom stereocenters. The van der Waals surface area contributed by atoms with Crippen LogP contribution in [0.2, 0.25) is 0 Å². The molecule has 0 radical (unpaired) electrons. The molecule has 2 aromatic rings. The molecule has 0 spiro atoms. The standard InChI is InChI=1S/C28H41O4P.Li/c1-10-12-19-14-21-18(3)22-15-20(13-11-2)17-24(28(7,8)9)26(22)32-33(29,30)31-25(21)23(16-19)27(4,5)6;/h14-18H,10-13H2,1-9H3,(H,29,30);/q;+1/p-1. The number of phosphoric ester groups is 1. The largest absolute Gasteiger partial charge is 1.00 e. The molecule has 0 amide bonds. The summed E-state index contributed by atoms with van der Waals surface area (Å²) in [6.45, 7) is 19.0. The van der Waals surface area contributed by atoms with Crippen molar-refractivity contribution in [2.24, 2.45) is 0 Å². The van der Waals surface area contributed by atoms with Gasteiger partial charge in [-0.15, -0.1) is 0 Å². The van der Waals surface area contributed by atoms with Crippen LogP contribution in [-0.4, -0.2) is 0 Å². The van der Waals surface area contributed by atoms with E-state index in [1.807, 2.05) is 0 Å². The molecule has 34 heavy (non-hydrogen) atoms. The monoisotopic (exact) mass is 478 g/mol. The van der Waals surface area contributed by atoms with E-state index in [1.54, 1.807) is 0 Å². The van der Waals surface area contributed by atoms with Crippen LogP contribution in [-0.2, 0) is 28.2 Å². The van der Waals surface area contributed by atoms with E-state index in [1.165, 1.54) is 11.1 Å². The van der Waals surface area contributed by atoms with Gasteiger partial charge in [0.05, 0.1) is 0 Å². The zero-order chi connectivity index (χ0) is 24.8. The number of fused-ring (bicyclic) bond motifs is 2. The molecule has 0 aliphatic carbocycles. The number of phosphoric acid groups is 1. The third-order valence-corrected chi connectivity index (χ3v) is 7.20. The molecule has 4 nitrogen and oxygen atoms in total. The van der Waals surface area contributed by atoms with Gasteiger partial charge < -0.3 is 13.9 Å². The van der Waals surface area contributed by atoms with Crippen LogP contribution in [0.3, 0.4) is 0 Å². The summed E-state index contributed by atoms with van der Waals surface area (Å²) >= 11 is 0. The third kappa shape index (κ3) is 6.14. The van der Waals surface area contributed by atoms with Crippen molar-refractivity contribution in [1.82, 2.24) is 0 Å². The van der Waals surface area contributed by atoms with Crippen molar-refractivity contribution >= 4 is 7.82 Å². The first kappa shape index (κ1) is 29.1. The van der Waals surface area contributed by atoms with Crippen molar-refractivity contribution in [2.45, 2.75) is 105 Å². The van der Waals surface area contributed by atoms with Gasteiger partial charge in [-0.1, -0.05) is 99.4 Å². The van der Waals surface area contributed by atoms with Gasteiger partial charge in [0.2, 0.25) is 0 Å². The quantitative estimate of drug-likeness (QED) is 0.477. The van der Waals surface area contributed by atoms with Crippen LogP contribution in [0.15, 0.2) is 24.3 Å². The molecule has 0 fully saturated rings. The summed E-state index contributed by atoms with van der Waals surface area (Å²) in [6, 6.07) is 8.48. The van der Waals surface area contributed by atoms with E-state index in [9.17, 15) is 9.46 Å². The molecule has 0 saturated heterocycles. The minimum absolute atomic E-state index is 0. The molecule has 0 N–H and O–H groups in total. The van der Waals surface area contributed by atoms with Gasteiger partial charge in [-0.3, -0.25) is 0 Å². The Balaban J connectivity index is 0.00000408. The Morgan fingerprint density at radius 1 is 0.794 bits per heavy atom. The maximum Gasteiger partial charge on any atom is 1.00 e. The fourth-order valence-corrected chi connectivity index (χ4v) is 5.56. The van der Waals surface area contributed by atoms with E-state index in [-0.39, 0.29) is 35.6 Å². The van der Waals surface area contributed by atoms with Crippen LogP contribution in [0.1, 0.15) is 114 Å². The molecule has 0 aromatic heterocycles. The first-order chi connectivity index (χ1) is 15.2. The minimum Gasteiger partial charge on any atom is -0.736 e. The Bertz CT molecular complexity index is 998. The predicted octanol–water partition coefficient (Wildman–Crippen LogP) is 4.58. The SMILES string of the molecule is CCCc1cc2c(c(C(C)(C)C)c1)OP(=O)([O-])Oc1c(cc(CCC)cc1C(C)(C)C)C2C.[Li+]. The summed E-state index contributed by atoms with van der Waals surface area (Å²) < 4.78 is 24.7. The Labute approximate surface area is 218 Å². The fourth-order valence-electron chi connectivity index (χ4n) is 4.66. The molecule has 2 aromatic carbocycles. The Hall–Kier alpha value is -1.17. The third-order valence-electron chi connectivity index (χ3n) is 6.39. The van der Waals surface area contributed by atoms with Crippen LogP contribution < -0.4 is 32.8 Å². The molecule has 3 rings (SSSR count). The van der Waals surface area contributed by atoms with E-state index in [4.69, 9.17) is 9.05 Å². The van der Waals surface area contributed by atoms with E-state index in [2.05, 4.69) is 86.6 Å². The van der Waals surface area contributed by atoms with Gasteiger partial charge in [0, 0.05) is 28.2 Å². The summed E-state index contributed by atoms with van der Waals surface area (Å²) in [6.07, 6.45) is 3.91. The number of rotatable bonds is 4. The molecule has 6 heteroatoms. The van der Waals surface area contributed by atoms with Crippen LogP contribution >= 0.6 is 7.82 Å². The summed E-state index contributed by atoms with van der Waals surface area (Å²) in [5.74, 6) is 0.778. The normalized spacial score (nSPS) is 20.1. The maximum atomic E-state index is 13.2. The van der Waals surface area contributed by atoms with Gasteiger partial charge in [-0.25, -0.2) is 4.57 Å². The summed E-state index contributed by atoms with van der Waals surface area (Å²) in [4.78, 5) is 13.2. The van der Waals surface area contributed by atoms with E-state index < -0.39 is 7.82 Å². The van der Waals surface area contributed by atoms with E-state index in [0.717, 1.165) is 47.9 Å². The van der Waals surface area contributed by atoms with Gasteiger partial charge in [0.1, 0.15) is 11.5 Å². The van der Waals surface area contributed by atoms with Crippen LogP contribution in [0, 0.1) is 0 Å². The summed E-state index contributed by atoms with van der Waals surface area (Å²) in [5, 5.41) is 0. The van der Waals surface area contributed by atoms with Crippen molar-refractivity contribution in [2.75, 3.05) is 0 Å². The van der Waals surface area contributed by atoms with Gasteiger partial charge >= 0.3 is 26.7 Å². The Morgan fingerprint density at radius 3 is 1.44 bits per heavy atom. The number of hydrogen-bond donors (Lipinski definition) is 0. The molecule has 1 aliphatic rings. The number of aryl methyl sites for hydroxylation is 2. The molecule has 1 aliphatic heterocycles. The molecule has 0 unspecified atom stereocenters. The van der Waals surface area contributed by atoms with Crippen molar-refractivity contribution < 1.29 is 37.4 Å². The second-order valence-corrected chi connectivity index (χ2v) is 12.7. The van der Waals surface area contributed by atoms with Gasteiger partial charge in [-0.05, 0) is 34.8 Å². The predicted molar refractivity (Wildman–Crippen MR) is 135 cm³/mol. The van der Waals surface area contributed by atoms with Crippen molar-refractivity contribution in [1.29, 1.82) is 0 Å². The van der Waals surface area contributed by atoms with E-state index >= 15 is 0 Å². The number of benzene rings is 2. The molecular weight excluding hydrogens is 438 g/mol. The van der Waals surface area contributed by atoms with Crippen LogP contribution in [0.4, 0.5) is 0 Å². The first-order valence-corrected chi connectivity index (χ1v) is 13.7. The molecular formula is C28H40LiO4P. The second kappa shape index (κ2) is 10.4. The molecule has 1 heterocycles. The van der Waals surface area contributed by atoms with Gasteiger partial charge in [-0.2, -0.15) is 0 Å².